The summed E-state index contributed by atoms with van der Waals surface area (Å²) in [5, 5.41) is 3.75. The second-order valence-electron chi connectivity index (χ2n) is 3.80. The van der Waals surface area contributed by atoms with Crippen molar-refractivity contribution in [3.8, 4) is 0 Å². The number of hydrogen-bond donors (Lipinski definition) is 1. The maximum absolute atomic E-state index is 11.3. The summed E-state index contributed by atoms with van der Waals surface area (Å²) in [6.07, 6.45) is 1.95. The molecule has 17 heavy (non-hydrogen) atoms. The molecule has 0 spiro atoms. The van der Waals surface area contributed by atoms with Crippen molar-refractivity contribution in [1.29, 1.82) is 0 Å². The molecule has 0 saturated heterocycles. The van der Waals surface area contributed by atoms with Crippen LogP contribution in [0.2, 0.25) is 5.02 Å². The number of halogens is 1. The molecule has 1 aromatic rings. The average Bonchev–Trinajstić information content (AvgIpc) is 2.32. The Morgan fingerprint density at radius 2 is 2.06 bits per heavy atom. The Labute approximate surface area is 107 Å². The van der Waals surface area contributed by atoms with E-state index in [2.05, 4.69) is 12.2 Å². The van der Waals surface area contributed by atoms with Crippen LogP contribution in [0.3, 0.4) is 0 Å². The minimum absolute atomic E-state index is 0.201. The molecule has 0 aromatic heterocycles. The van der Waals surface area contributed by atoms with Crippen LogP contribution >= 0.6 is 11.6 Å². The molecule has 0 aliphatic heterocycles. The van der Waals surface area contributed by atoms with Crippen LogP contribution in [0.5, 0.6) is 0 Å². The molecule has 0 fully saturated rings. The van der Waals surface area contributed by atoms with E-state index in [9.17, 15) is 4.79 Å². The zero-order valence-electron chi connectivity index (χ0n) is 10.0. The van der Waals surface area contributed by atoms with Crippen LogP contribution < -0.4 is 5.32 Å². The van der Waals surface area contributed by atoms with Crippen molar-refractivity contribution in [3.63, 3.8) is 0 Å². The number of hydrogen-bond acceptors (Lipinski definition) is 3. The summed E-state index contributed by atoms with van der Waals surface area (Å²) in [4.78, 5) is 11.3. The molecule has 3 nitrogen and oxygen atoms in total. The Kier molecular flexibility index (Phi) is 6.67. The topological polar surface area (TPSA) is 38.3 Å². The van der Waals surface area contributed by atoms with Gasteiger partial charge in [0.05, 0.1) is 13.2 Å². The molecule has 0 saturated carbocycles. The first-order valence-electron chi connectivity index (χ1n) is 5.83. The highest BCUT2D eigenvalue weighted by atomic mass is 35.5. The molecule has 1 rings (SSSR count). The lowest BCUT2D eigenvalue weighted by Crippen LogP contribution is -2.24. The zero-order chi connectivity index (χ0) is 12.5. The van der Waals surface area contributed by atoms with E-state index in [4.69, 9.17) is 16.3 Å². The van der Waals surface area contributed by atoms with Crippen molar-refractivity contribution in [2.75, 3.05) is 13.2 Å². The van der Waals surface area contributed by atoms with E-state index in [1.165, 1.54) is 0 Å². The van der Waals surface area contributed by atoms with Crippen molar-refractivity contribution >= 4 is 17.6 Å². The molecule has 1 N–H and O–H groups in total. The van der Waals surface area contributed by atoms with Crippen LogP contribution in [0.15, 0.2) is 24.3 Å². The molecule has 0 amide bonds. The fourth-order valence-corrected chi connectivity index (χ4v) is 1.42. The van der Waals surface area contributed by atoms with Gasteiger partial charge < -0.3 is 10.1 Å². The second-order valence-corrected chi connectivity index (χ2v) is 4.24. The molecule has 4 heteroatoms. The van der Waals surface area contributed by atoms with Crippen molar-refractivity contribution in [2.24, 2.45) is 0 Å². The summed E-state index contributed by atoms with van der Waals surface area (Å²) in [5.74, 6) is -0.201. The maximum atomic E-state index is 11.3. The van der Waals surface area contributed by atoms with E-state index >= 15 is 0 Å². The van der Waals surface area contributed by atoms with Gasteiger partial charge in [-0.1, -0.05) is 37.1 Å². The SMILES string of the molecule is CCCCOC(=O)CNCc1ccc(Cl)cc1. The summed E-state index contributed by atoms with van der Waals surface area (Å²) in [7, 11) is 0. The number of carbonyl (C=O) groups excluding carboxylic acids is 1. The average molecular weight is 256 g/mol. The summed E-state index contributed by atoms with van der Waals surface area (Å²) >= 11 is 5.77. The zero-order valence-corrected chi connectivity index (χ0v) is 10.8. The van der Waals surface area contributed by atoms with Gasteiger partial charge in [-0.25, -0.2) is 0 Å². The Hall–Kier alpha value is -1.06. The first-order chi connectivity index (χ1) is 8.22. The number of carbonyl (C=O) groups is 1. The van der Waals surface area contributed by atoms with Gasteiger partial charge in [0.25, 0.3) is 0 Å². The van der Waals surface area contributed by atoms with E-state index in [0.29, 0.717) is 18.2 Å². The summed E-state index contributed by atoms with van der Waals surface area (Å²) < 4.78 is 5.02. The summed E-state index contributed by atoms with van der Waals surface area (Å²) in [6, 6.07) is 7.52. The number of ether oxygens (including phenoxy) is 1. The van der Waals surface area contributed by atoms with Crippen molar-refractivity contribution in [1.82, 2.24) is 5.32 Å². The van der Waals surface area contributed by atoms with Crippen LogP contribution in [0.1, 0.15) is 25.3 Å². The molecule has 0 bridgehead atoms. The quantitative estimate of drug-likeness (QED) is 0.601. The monoisotopic (exact) mass is 255 g/mol. The van der Waals surface area contributed by atoms with Gasteiger partial charge >= 0.3 is 5.97 Å². The fraction of sp³-hybridized carbons (Fsp3) is 0.462. The van der Waals surface area contributed by atoms with Gasteiger partial charge in [0.2, 0.25) is 0 Å². The molecule has 0 aliphatic rings. The third-order valence-electron chi connectivity index (χ3n) is 2.27. The molecule has 94 valence electrons. The van der Waals surface area contributed by atoms with Crippen LogP contribution in [0.4, 0.5) is 0 Å². The molecule has 0 atom stereocenters. The first kappa shape index (κ1) is 14.0. The van der Waals surface area contributed by atoms with Crippen LogP contribution in [-0.2, 0) is 16.1 Å². The van der Waals surface area contributed by atoms with Gasteiger partial charge in [-0.05, 0) is 24.1 Å². The van der Waals surface area contributed by atoms with Gasteiger partial charge in [0.15, 0.2) is 0 Å². The third-order valence-corrected chi connectivity index (χ3v) is 2.52. The molecular weight excluding hydrogens is 238 g/mol. The van der Waals surface area contributed by atoms with Gasteiger partial charge in [0, 0.05) is 11.6 Å². The highest BCUT2D eigenvalue weighted by Crippen LogP contribution is 2.08. The lowest BCUT2D eigenvalue weighted by molar-refractivity contribution is -0.142. The molecule has 0 heterocycles. The normalized spacial score (nSPS) is 10.2. The Morgan fingerprint density at radius 1 is 1.35 bits per heavy atom. The van der Waals surface area contributed by atoms with Gasteiger partial charge in [-0.2, -0.15) is 0 Å². The Balaban J connectivity index is 2.14. The predicted octanol–water partition coefficient (Wildman–Crippen LogP) is 2.77. The number of esters is 1. The van der Waals surface area contributed by atoms with Crippen molar-refractivity contribution in [3.05, 3.63) is 34.9 Å². The molecular formula is C13H18ClNO2. The lowest BCUT2D eigenvalue weighted by Gasteiger charge is -2.06. The van der Waals surface area contributed by atoms with Gasteiger partial charge in [-0.15, -0.1) is 0 Å². The molecule has 0 unspecified atom stereocenters. The van der Waals surface area contributed by atoms with Gasteiger partial charge in [0.1, 0.15) is 0 Å². The largest absolute Gasteiger partial charge is 0.465 e. The predicted molar refractivity (Wildman–Crippen MR) is 69.0 cm³/mol. The summed E-state index contributed by atoms with van der Waals surface area (Å²) in [6.45, 7) is 3.46. The molecule has 0 radical (unpaired) electrons. The minimum atomic E-state index is -0.201. The fourth-order valence-electron chi connectivity index (χ4n) is 1.29. The maximum Gasteiger partial charge on any atom is 0.319 e. The van der Waals surface area contributed by atoms with Crippen LogP contribution in [0, 0.1) is 0 Å². The van der Waals surface area contributed by atoms with E-state index in [-0.39, 0.29) is 12.5 Å². The van der Waals surface area contributed by atoms with Crippen molar-refractivity contribution in [2.45, 2.75) is 26.3 Å². The minimum Gasteiger partial charge on any atom is -0.465 e. The van der Waals surface area contributed by atoms with Gasteiger partial charge in [-0.3, -0.25) is 4.79 Å². The highest BCUT2D eigenvalue weighted by molar-refractivity contribution is 6.30. The smallest absolute Gasteiger partial charge is 0.319 e. The molecule has 1 aromatic carbocycles. The van der Waals surface area contributed by atoms with Crippen molar-refractivity contribution < 1.29 is 9.53 Å². The van der Waals surface area contributed by atoms with E-state index in [1.54, 1.807) is 0 Å². The van der Waals surface area contributed by atoms with E-state index in [0.717, 1.165) is 18.4 Å². The van der Waals surface area contributed by atoms with E-state index < -0.39 is 0 Å². The Bertz CT molecular complexity index is 338. The number of unbranched alkanes of at least 4 members (excludes halogenated alkanes) is 1. The lowest BCUT2D eigenvalue weighted by atomic mass is 10.2. The standard InChI is InChI=1S/C13H18ClNO2/c1-2-3-8-17-13(16)10-15-9-11-4-6-12(14)7-5-11/h4-7,15H,2-3,8-10H2,1H3. The first-order valence-corrected chi connectivity index (χ1v) is 6.21. The second kappa shape index (κ2) is 8.09. The Morgan fingerprint density at radius 3 is 2.71 bits per heavy atom. The highest BCUT2D eigenvalue weighted by Gasteiger charge is 2.01. The number of nitrogens with one attached hydrogen (secondary N) is 1. The van der Waals surface area contributed by atoms with Crippen LogP contribution in [0.25, 0.3) is 0 Å². The summed E-state index contributed by atoms with van der Waals surface area (Å²) in [5.41, 5.74) is 1.09. The van der Waals surface area contributed by atoms with E-state index in [1.807, 2.05) is 24.3 Å². The number of benzene rings is 1. The number of rotatable bonds is 7. The third kappa shape index (κ3) is 6.29. The van der Waals surface area contributed by atoms with Crippen LogP contribution in [-0.4, -0.2) is 19.1 Å². The molecule has 0 aliphatic carbocycles.